The van der Waals surface area contributed by atoms with Gasteiger partial charge in [-0.05, 0) is 55.7 Å². The van der Waals surface area contributed by atoms with Crippen molar-refractivity contribution in [3.63, 3.8) is 0 Å². The molecular weight excluding hydrogens is 254 g/mol. The Bertz CT molecular complexity index is 563. The highest BCUT2D eigenvalue weighted by Crippen LogP contribution is 2.29. The summed E-state index contributed by atoms with van der Waals surface area (Å²) < 4.78 is 0. The Balaban J connectivity index is 2.43. The van der Waals surface area contributed by atoms with Gasteiger partial charge in [0.05, 0.1) is 0 Å². The molecular formula is C17H20ClN. The lowest BCUT2D eigenvalue weighted by atomic mass is 10.1. The molecule has 0 amide bonds. The minimum atomic E-state index is 0.572. The molecule has 0 saturated heterocycles. The van der Waals surface area contributed by atoms with Crippen LogP contribution in [0.2, 0.25) is 0 Å². The van der Waals surface area contributed by atoms with Crippen molar-refractivity contribution in [1.29, 1.82) is 0 Å². The van der Waals surface area contributed by atoms with Gasteiger partial charge in [-0.25, -0.2) is 0 Å². The Hall–Kier alpha value is -1.47. The molecule has 0 aromatic heterocycles. The van der Waals surface area contributed by atoms with E-state index in [2.05, 4.69) is 68.1 Å². The van der Waals surface area contributed by atoms with Gasteiger partial charge in [-0.2, -0.15) is 0 Å². The molecule has 0 aliphatic rings. The van der Waals surface area contributed by atoms with Gasteiger partial charge in [-0.3, -0.25) is 0 Å². The maximum absolute atomic E-state index is 5.93. The number of aryl methyl sites for hydroxylation is 2. The molecule has 2 aromatic carbocycles. The van der Waals surface area contributed by atoms with Crippen molar-refractivity contribution in [1.82, 2.24) is 0 Å². The molecule has 0 aliphatic carbocycles. The van der Waals surface area contributed by atoms with Crippen LogP contribution < -0.4 is 4.90 Å². The molecule has 0 N–H and O–H groups in total. The van der Waals surface area contributed by atoms with E-state index in [-0.39, 0.29) is 0 Å². The van der Waals surface area contributed by atoms with Gasteiger partial charge in [0.15, 0.2) is 0 Å². The number of rotatable bonds is 4. The summed E-state index contributed by atoms with van der Waals surface area (Å²) in [5, 5.41) is 0. The number of anilines is 2. The molecule has 0 saturated carbocycles. The predicted octanol–water partition coefficient (Wildman–Crippen LogP) is 5.20. The van der Waals surface area contributed by atoms with Gasteiger partial charge in [-0.15, -0.1) is 11.6 Å². The molecule has 2 rings (SSSR count). The smallest absolute Gasteiger partial charge is 0.0476 e. The molecule has 0 aliphatic heterocycles. The molecule has 0 fully saturated rings. The predicted molar refractivity (Wildman–Crippen MR) is 84.6 cm³/mol. The number of hydrogen-bond acceptors (Lipinski definition) is 1. The van der Waals surface area contributed by atoms with Crippen molar-refractivity contribution in [3.05, 3.63) is 59.2 Å². The largest absolute Gasteiger partial charge is 0.342 e. The van der Waals surface area contributed by atoms with Crippen molar-refractivity contribution in [3.8, 4) is 0 Å². The molecule has 0 radical (unpaired) electrons. The molecule has 100 valence electrons. The molecule has 0 spiro atoms. The van der Waals surface area contributed by atoms with Crippen LogP contribution in [0, 0.1) is 13.8 Å². The molecule has 0 unspecified atom stereocenters. The van der Waals surface area contributed by atoms with Crippen molar-refractivity contribution in [2.75, 3.05) is 11.4 Å². The van der Waals surface area contributed by atoms with Crippen LogP contribution in [0.25, 0.3) is 0 Å². The summed E-state index contributed by atoms with van der Waals surface area (Å²) in [6.45, 7) is 7.40. The Morgan fingerprint density at radius 2 is 1.74 bits per heavy atom. The highest BCUT2D eigenvalue weighted by Gasteiger charge is 2.10. The maximum atomic E-state index is 5.93. The van der Waals surface area contributed by atoms with Crippen LogP contribution in [0.15, 0.2) is 42.5 Å². The summed E-state index contributed by atoms with van der Waals surface area (Å²) in [5.41, 5.74) is 6.24. The molecule has 2 heteroatoms. The van der Waals surface area contributed by atoms with Crippen LogP contribution in [0.1, 0.15) is 23.6 Å². The number of hydrogen-bond donors (Lipinski definition) is 0. The zero-order valence-corrected chi connectivity index (χ0v) is 12.5. The number of alkyl halides is 1. The van der Waals surface area contributed by atoms with Crippen LogP contribution in [-0.4, -0.2) is 6.54 Å². The van der Waals surface area contributed by atoms with Crippen LogP contribution in [0.3, 0.4) is 0 Å². The highest BCUT2D eigenvalue weighted by molar-refractivity contribution is 6.17. The second-order valence-corrected chi connectivity index (χ2v) is 5.04. The first-order chi connectivity index (χ1) is 9.17. The molecule has 0 bridgehead atoms. The van der Waals surface area contributed by atoms with Gasteiger partial charge in [0.25, 0.3) is 0 Å². The minimum Gasteiger partial charge on any atom is -0.342 e. The summed E-state index contributed by atoms with van der Waals surface area (Å²) in [5.74, 6) is 0.572. The molecule has 19 heavy (non-hydrogen) atoms. The molecule has 1 nitrogen and oxygen atoms in total. The number of benzene rings is 2. The topological polar surface area (TPSA) is 3.24 Å². The SMILES string of the molecule is CCN(c1ccc(CCl)c(C)c1)c1ccccc1C. The van der Waals surface area contributed by atoms with E-state index in [0.29, 0.717) is 5.88 Å². The first kappa shape index (κ1) is 14.0. The average Bonchev–Trinajstić information content (AvgIpc) is 2.42. The van der Waals surface area contributed by atoms with Crippen molar-refractivity contribution in [2.45, 2.75) is 26.7 Å². The second kappa shape index (κ2) is 6.12. The fraction of sp³-hybridized carbons (Fsp3) is 0.294. The number of nitrogens with zero attached hydrogens (tertiary/aromatic N) is 1. The first-order valence-electron chi connectivity index (χ1n) is 6.66. The Labute approximate surface area is 120 Å². The van der Waals surface area contributed by atoms with E-state index in [1.807, 2.05) is 0 Å². The van der Waals surface area contributed by atoms with Gasteiger partial charge < -0.3 is 4.90 Å². The quantitative estimate of drug-likeness (QED) is 0.692. The van der Waals surface area contributed by atoms with Crippen molar-refractivity contribution in [2.24, 2.45) is 0 Å². The van der Waals surface area contributed by atoms with Gasteiger partial charge in [0.1, 0.15) is 0 Å². The van der Waals surface area contributed by atoms with E-state index < -0.39 is 0 Å². The van der Waals surface area contributed by atoms with Crippen LogP contribution in [0.4, 0.5) is 11.4 Å². The van der Waals surface area contributed by atoms with E-state index >= 15 is 0 Å². The Kier molecular flexibility index (Phi) is 4.49. The minimum absolute atomic E-state index is 0.572. The zero-order valence-electron chi connectivity index (χ0n) is 11.8. The lowest BCUT2D eigenvalue weighted by Crippen LogP contribution is -2.17. The standard InChI is InChI=1S/C17H20ClN/c1-4-19(17-8-6-5-7-13(17)2)16-10-9-15(12-18)14(3)11-16/h5-11H,4,12H2,1-3H3. The van der Waals surface area contributed by atoms with Crippen LogP contribution in [-0.2, 0) is 5.88 Å². The zero-order chi connectivity index (χ0) is 13.8. The summed E-state index contributed by atoms with van der Waals surface area (Å²) in [6, 6.07) is 15.0. The van der Waals surface area contributed by atoms with Crippen molar-refractivity contribution < 1.29 is 0 Å². The van der Waals surface area contributed by atoms with E-state index in [1.54, 1.807) is 0 Å². The van der Waals surface area contributed by atoms with Gasteiger partial charge in [0.2, 0.25) is 0 Å². The maximum Gasteiger partial charge on any atom is 0.0476 e. The third-order valence-corrected chi connectivity index (χ3v) is 3.79. The van der Waals surface area contributed by atoms with E-state index in [9.17, 15) is 0 Å². The summed E-state index contributed by atoms with van der Waals surface area (Å²) in [4.78, 5) is 2.33. The van der Waals surface area contributed by atoms with Crippen LogP contribution in [0.5, 0.6) is 0 Å². The molecule has 0 heterocycles. The molecule has 0 atom stereocenters. The van der Waals surface area contributed by atoms with Crippen LogP contribution >= 0.6 is 11.6 Å². The third kappa shape index (κ3) is 2.93. The summed E-state index contributed by atoms with van der Waals surface area (Å²) in [6.07, 6.45) is 0. The third-order valence-electron chi connectivity index (χ3n) is 3.50. The van der Waals surface area contributed by atoms with E-state index in [0.717, 1.165) is 6.54 Å². The first-order valence-corrected chi connectivity index (χ1v) is 7.19. The van der Waals surface area contributed by atoms with Gasteiger partial charge in [0, 0.05) is 23.8 Å². The lowest BCUT2D eigenvalue weighted by molar-refractivity contribution is 1.01. The summed E-state index contributed by atoms with van der Waals surface area (Å²) >= 11 is 5.93. The molecule has 2 aromatic rings. The number of para-hydroxylation sites is 1. The van der Waals surface area contributed by atoms with E-state index in [4.69, 9.17) is 11.6 Å². The Morgan fingerprint density at radius 1 is 1.00 bits per heavy atom. The van der Waals surface area contributed by atoms with E-state index in [1.165, 1.54) is 28.1 Å². The highest BCUT2D eigenvalue weighted by atomic mass is 35.5. The lowest BCUT2D eigenvalue weighted by Gasteiger charge is -2.26. The summed E-state index contributed by atoms with van der Waals surface area (Å²) in [7, 11) is 0. The second-order valence-electron chi connectivity index (χ2n) is 4.78. The monoisotopic (exact) mass is 273 g/mol. The fourth-order valence-electron chi connectivity index (χ4n) is 2.36. The fourth-order valence-corrected chi connectivity index (χ4v) is 2.66. The normalized spacial score (nSPS) is 10.5. The average molecular weight is 274 g/mol. The number of halogens is 1. The van der Waals surface area contributed by atoms with Crippen molar-refractivity contribution >= 4 is 23.0 Å². The van der Waals surface area contributed by atoms with Gasteiger partial charge in [-0.1, -0.05) is 24.3 Å². The van der Waals surface area contributed by atoms with Gasteiger partial charge >= 0.3 is 0 Å². The Morgan fingerprint density at radius 3 is 2.32 bits per heavy atom.